The van der Waals surface area contributed by atoms with Crippen molar-refractivity contribution >= 4 is 27.5 Å². The molecule has 1 heterocycles. The van der Waals surface area contributed by atoms with Crippen molar-refractivity contribution in [2.75, 3.05) is 38.2 Å². The molecule has 0 unspecified atom stereocenters. The number of nitrogens with zero attached hydrogens (tertiary/aromatic N) is 2. The molecule has 1 saturated heterocycles. The van der Waals surface area contributed by atoms with Crippen LogP contribution >= 0.6 is 15.9 Å². The van der Waals surface area contributed by atoms with Crippen LogP contribution in [0, 0.1) is 0 Å². The van der Waals surface area contributed by atoms with Crippen LogP contribution in [0.1, 0.15) is 10.4 Å². The summed E-state index contributed by atoms with van der Waals surface area (Å²) in [6.07, 6.45) is 0. The molecule has 0 bridgehead atoms. The Hall–Kier alpha value is -2.01. The van der Waals surface area contributed by atoms with Crippen molar-refractivity contribution < 1.29 is 9.53 Å². The Morgan fingerprint density at radius 3 is 2.48 bits per heavy atom. The van der Waals surface area contributed by atoms with E-state index in [1.807, 2.05) is 47.4 Å². The summed E-state index contributed by atoms with van der Waals surface area (Å²) in [4.78, 5) is 16.8. The van der Waals surface area contributed by atoms with Crippen LogP contribution in [0.25, 0.3) is 0 Å². The zero-order chi connectivity index (χ0) is 16.2. The van der Waals surface area contributed by atoms with Crippen LogP contribution in [0.4, 0.5) is 5.69 Å². The van der Waals surface area contributed by atoms with Gasteiger partial charge in [0.2, 0.25) is 0 Å². The van der Waals surface area contributed by atoms with E-state index in [1.165, 1.54) is 0 Å². The van der Waals surface area contributed by atoms with E-state index >= 15 is 0 Å². The number of hydrogen-bond donors (Lipinski definition) is 0. The van der Waals surface area contributed by atoms with Crippen molar-refractivity contribution in [3.8, 4) is 5.75 Å². The van der Waals surface area contributed by atoms with Gasteiger partial charge in [0, 0.05) is 48.0 Å². The number of amides is 1. The number of ether oxygens (including phenoxy) is 1. The van der Waals surface area contributed by atoms with E-state index in [0.717, 1.165) is 47.7 Å². The molecule has 0 atom stereocenters. The largest absolute Gasteiger partial charge is 0.497 e. The lowest BCUT2D eigenvalue weighted by molar-refractivity contribution is 0.0746. The Labute approximate surface area is 144 Å². The van der Waals surface area contributed by atoms with Gasteiger partial charge < -0.3 is 14.5 Å². The zero-order valence-electron chi connectivity index (χ0n) is 13.0. The lowest BCUT2D eigenvalue weighted by atomic mass is 10.1. The molecule has 5 heteroatoms. The third-order valence-corrected chi connectivity index (χ3v) is 4.55. The molecule has 2 aromatic rings. The third kappa shape index (κ3) is 3.67. The number of benzene rings is 2. The molecule has 0 saturated carbocycles. The summed E-state index contributed by atoms with van der Waals surface area (Å²) in [6, 6.07) is 15.6. The molecule has 0 spiro atoms. The quantitative estimate of drug-likeness (QED) is 0.824. The van der Waals surface area contributed by atoms with Crippen LogP contribution in [-0.4, -0.2) is 44.1 Å². The average Bonchev–Trinajstić information content (AvgIpc) is 2.61. The summed E-state index contributed by atoms with van der Waals surface area (Å²) in [5.74, 6) is 0.951. The first-order chi connectivity index (χ1) is 11.2. The molecule has 1 amide bonds. The fourth-order valence-electron chi connectivity index (χ4n) is 2.78. The summed E-state index contributed by atoms with van der Waals surface area (Å²) in [5.41, 5.74) is 1.87. The van der Waals surface area contributed by atoms with Crippen LogP contribution in [-0.2, 0) is 0 Å². The molecule has 2 aromatic carbocycles. The van der Waals surface area contributed by atoms with Gasteiger partial charge in [0.25, 0.3) is 5.91 Å². The number of hydrogen-bond acceptors (Lipinski definition) is 3. The Bertz CT molecular complexity index is 697. The molecule has 0 radical (unpaired) electrons. The van der Waals surface area contributed by atoms with E-state index < -0.39 is 0 Å². The predicted molar refractivity (Wildman–Crippen MR) is 95.3 cm³/mol. The Morgan fingerprint density at radius 2 is 1.78 bits per heavy atom. The summed E-state index contributed by atoms with van der Waals surface area (Å²) in [5, 5.41) is 0. The van der Waals surface area contributed by atoms with E-state index in [4.69, 9.17) is 4.74 Å². The van der Waals surface area contributed by atoms with Crippen molar-refractivity contribution in [1.82, 2.24) is 4.90 Å². The van der Waals surface area contributed by atoms with Gasteiger partial charge in [-0.15, -0.1) is 0 Å². The van der Waals surface area contributed by atoms with Crippen molar-refractivity contribution in [3.05, 3.63) is 58.6 Å². The minimum absolute atomic E-state index is 0.0941. The average molecular weight is 375 g/mol. The van der Waals surface area contributed by atoms with Gasteiger partial charge in [0.15, 0.2) is 0 Å². The zero-order valence-corrected chi connectivity index (χ0v) is 14.6. The molecule has 120 valence electrons. The number of carbonyl (C=O) groups is 1. The maximum atomic E-state index is 12.6. The van der Waals surface area contributed by atoms with Gasteiger partial charge in [-0.25, -0.2) is 0 Å². The molecule has 1 fully saturated rings. The van der Waals surface area contributed by atoms with Crippen molar-refractivity contribution in [2.24, 2.45) is 0 Å². The number of anilines is 1. The highest BCUT2D eigenvalue weighted by Gasteiger charge is 2.22. The van der Waals surface area contributed by atoms with E-state index in [1.54, 1.807) is 7.11 Å². The first kappa shape index (κ1) is 15.9. The fraction of sp³-hybridized carbons (Fsp3) is 0.278. The summed E-state index contributed by atoms with van der Waals surface area (Å²) < 4.78 is 6.21. The molecule has 4 nitrogen and oxygen atoms in total. The minimum atomic E-state index is 0.0941. The van der Waals surface area contributed by atoms with Gasteiger partial charge in [-0.05, 0) is 30.3 Å². The van der Waals surface area contributed by atoms with Gasteiger partial charge in [-0.3, -0.25) is 4.79 Å². The first-order valence-electron chi connectivity index (χ1n) is 7.61. The Balaban J connectivity index is 1.65. The normalized spacial score (nSPS) is 14.7. The summed E-state index contributed by atoms with van der Waals surface area (Å²) >= 11 is 3.42. The van der Waals surface area contributed by atoms with Crippen LogP contribution in [0.15, 0.2) is 53.0 Å². The lowest BCUT2D eigenvalue weighted by Gasteiger charge is -2.36. The van der Waals surface area contributed by atoms with Crippen LogP contribution in [0.2, 0.25) is 0 Å². The van der Waals surface area contributed by atoms with E-state index in [-0.39, 0.29) is 5.91 Å². The highest BCUT2D eigenvalue weighted by Crippen LogP contribution is 2.22. The second-order valence-corrected chi connectivity index (χ2v) is 6.41. The SMILES string of the molecule is COc1cccc(N2CCN(C(=O)c3cccc(Br)c3)CC2)c1. The third-order valence-electron chi connectivity index (χ3n) is 4.06. The standard InChI is InChI=1S/C18H19BrN2O2/c1-23-17-7-3-6-16(13-17)20-8-10-21(11-9-20)18(22)14-4-2-5-15(19)12-14/h2-7,12-13H,8-11H2,1H3. The molecule has 1 aliphatic heterocycles. The van der Waals surface area contributed by atoms with E-state index in [9.17, 15) is 4.79 Å². The van der Waals surface area contributed by atoms with E-state index in [2.05, 4.69) is 26.9 Å². The van der Waals surface area contributed by atoms with Crippen molar-refractivity contribution in [1.29, 1.82) is 0 Å². The Kier molecular flexibility index (Phi) is 4.86. The van der Waals surface area contributed by atoms with Crippen LogP contribution < -0.4 is 9.64 Å². The maximum absolute atomic E-state index is 12.6. The minimum Gasteiger partial charge on any atom is -0.497 e. The molecule has 0 aliphatic carbocycles. The monoisotopic (exact) mass is 374 g/mol. The molecule has 3 rings (SSSR count). The molecule has 0 N–H and O–H groups in total. The van der Waals surface area contributed by atoms with Gasteiger partial charge in [0.1, 0.15) is 5.75 Å². The van der Waals surface area contributed by atoms with Crippen molar-refractivity contribution in [3.63, 3.8) is 0 Å². The molecular formula is C18H19BrN2O2. The van der Waals surface area contributed by atoms with Crippen molar-refractivity contribution in [2.45, 2.75) is 0 Å². The smallest absolute Gasteiger partial charge is 0.254 e. The summed E-state index contributed by atoms with van der Waals surface area (Å²) in [6.45, 7) is 3.10. The van der Waals surface area contributed by atoms with E-state index in [0.29, 0.717) is 0 Å². The summed E-state index contributed by atoms with van der Waals surface area (Å²) in [7, 11) is 1.67. The molecular weight excluding hydrogens is 356 g/mol. The second-order valence-electron chi connectivity index (χ2n) is 5.49. The van der Waals surface area contributed by atoms with Gasteiger partial charge in [-0.2, -0.15) is 0 Å². The number of halogens is 1. The molecule has 1 aliphatic rings. The predicted octanol–water partition coefficient (Wildman–Crippen LogP) is 3.42. The Morgan fingerprint density at radius 1 is 1.04 bits per heavy atom. The molecule has 0 aromatic heterocycles. The topological polar surface area (TPSA) is 32.8 Å². The highest BCUT2D eigenvalue weighted by molar-refractivity contribution is 9.10. The van der Waals surface area contributed by atoms with Crippen LogP contribution in [0.3, 0.4) is 0 Å². The second kappa shape index (κ2) is 7.04. The maximum Gasteiger partial charge on any atom is 0.254 e. The molecule has 23 heavy (non-hydrogen) atoms. The number of piperazine rings is 1. The van der Waals surface area contributed by atoms with Gasteiger partial charge in [-0.1, -0.05) is 28.1 Å². The number of carbonyl (C=O) groups excluding carboxylic acids is 1. The lowest BCUT2D eigenvalue weighted by Crippen LogP contribution is -2.48. The van der Waals surface area contributed by atoms with Crippen LogP contribution in [0.5, 0.6) is 5.75 Å². The first-order valence-corrected chi connectivity index (χ1v) is 8.40. The fourth-order valence-corrected chi connectivity index (χ4v) is 3.18. The number of rotatable bonds is 3. The highest BCUT2D eigenvalue weighted by atomic mass is 79.9. The van der Waals surface area contributed by atoms with Gasteiger partial charge >= 0.3 is 0 Å². The number of methoxy groups -OCH3 is 1. The van der Waals surface area contributed by atoms with Gasteiger partial charge in [0.05, 0.1) is 7.11 Å².